The van der Waals surface area contributed by atoms with Crippen LogP contribution in [0.3, 0.4) is 0 Å². The van der Waals surface area contributed by atoms with Gasteiger partial charge in [-0.25, -0.2) is 0 Å². The Morgan fingerprint density at radius 1 is 1.13 bits per heavy atom. The quantitative estimate of drug-likeness (QED) is 0.827. The van der Waals surface area contributed by atoms with Crippen LogP contribution in [0.15, 0.2) is 18.2 Å². The lowest BCUT2D eigenvalue weighted by Crippen LogP contribution is -2.43. The highest BCUT2D eigenvalue weighted by Crippen LogP contribution is 2.29. The van der Waals surface area contributed by atoms with Crippen molar-refractivity contribution in [1.29, 1.82) is 0 Å². The minimum absolute atomic E-state index is 0.00889. The maximum atomic E-state index is 12.4. The van der Waals surface area contributed by atoms with Gasteiger partial charge in [0, 0.05) is 24.4 Å². The first-order chi connectivity index (χ1) is 10.9. The summed E-state index contributed by atoms with van der Waals surface area (Å²) >= 11 is 0. The fourth-order valence-corrected chi connectivity index (χ4v) is 3.46. The second-order valence-electron chi connectivity index (χ2n) is 7.18. The number of benzene rings is 1. The van der Waals surface area contributed by atoms with Crippen molar-refractivity contribution in [1.82, 2.24) is 5.32 Å². The molecule has 1 aromatic carbocycles. The maximum absolute atomic E-state index is 12.4. The molecule has 1 fully saturated rings. The van der Waals surface area contributed by atoms with E-state index in [4.69, 9.17) is 0 Å². The SMILES string of the molecule is Cc1ccc(C)c(C(=O)CCC(=O)NC2CCCC(C)C2C)c1. The molecule has 0 aromatic heterocycles. The van der Waals surface area contributed by atoms with Crippen LogP contribution in [-0.4, -0.2) is 17.7 Å². The molecule has 1 saturated carbocycles. The Bertz CT molecular complexity index is 579. The van der Waals surface area contributed by atoms with E-state index in [1.807, 2.05) is 32.0 Å². The van der Waals surface area contributed by atoms with Crippen LogP contribution < -0.4 is 5.32 Å². The number of amides is 1. The predicted octanol–water partition coefficient (Wildman–Crippen LogP) is 4.21. The number of Topliss-reactive ketones (excluding diaryl/α,β-unsaturated/α-hetero) is 1. The molecule has 2 rings (SSSR count). The smallest absolute Gasteiger partial charge is 0.220 e. The van der Waals surface area contributed by atoms with Crippen molar-refractivity contribution in [2.45, 2.75) is 65.8 Å². The van der Waals surface area contributed by atoms with Crippen LogP contribution >= 0.6 is 0 Å². The molecular weight excluding hydrogens is 286 g/mol. The van der Waals surface area contributed by atoms with Gasteiger partial charge < -0.3 is 5.32 Å². The van der Waals surface area contributed by atoms with Gasteiger partial charge in [-0.15, -0.1) is 0 Å². The molecular formula is C20H29NO2. The largest absolute Gasteiger partial charge is 0.353 e. The molecule has 23 heavy (non-hydrogen) atoms. The van der Waals surface area contributed by atoms with Gasteiger partial charge in [0.05, 0.1) is 0 Å². The number of carbonyl (C=O) groups excluding carboxylic acids is 2. The summed E-state index contributed by atoms with van der Waals surface area (Å²) < 4.78 is 0. The summed E-state index contributed by atoms with van der Waals surface area (Å²) in [6, 6.07) is 6.15. The third-order valence-corrected chi connectivity index (χ3v) is 5.33. The monoisotopic (exact) mass is 315 g/mol. The second-order valence-corrected chi connectivity index (χ2v) is 7.18. The van der Waals surface area contributed by atoms with Crippen molar-refractivity contribution in [3.05, 3.63) is 34.9 Å². The van der Waals surface area contributed by atoms with Gasteiger partial charge in [0.25, 0.3) is 0 Å². The molecule has 1 amide bonds. The van der Waals surface area contributed by atoms with Crippen LogP contribution in [0.2, 0.25) is 0 Å². The van der Waals surface area contributed by atoms with E-state index < -0.39 is 0 Å². The van der Waals surface area contributed by atoms with Crippen LogP contribution in [0, 0.1) is 25.7 Å². The molecule has 0 heterocycles. The molecule has 3 heteroatoms. The van der Waals surface area contributed by atoms with Crippen molar-refractivity contribution in [2.75, 3.05) is 0 Å². The summed E-state index contributed by atoms with van der Waals surface area (Å²) in [5.41, 5.74) is 2.81. The Hall–Kier alpha value is -1.64. The number of hydrogen-bond acceptors (Lipinski definition) is 2. The van der Waals surface area contributed by atoms with Gasteiger partial charge in [-0.2, -0.15) is 0 Å². The third kappa shape index (κ3) is 4.66. The van der Waals surface area contributed by atoms with Crippen LogP contribution in [0.1, 0.15) is 67.4 Å². The number of aryl methyl sites for hydroxylation is 2. The predicted molar refractivity (Wildman–Crippen MR) is 93.6 cm³/mol. The van der Waals surface area contributed by atoms with Crippen LogP contribution in [0.4, 0.5) is 0 Å². The Morgan fingerprint density at radius 2 is 1.87 bits per heavy atom. The summed E-state index contributed by atoms with van der Waals surface area (Å²) in [7, 11) is 0. The Kier molecular flexibility index (Phi) is 5.97. The van der Waals surface area contributed by atoms with Crippen molar-refractivity contribution in [3.8, 4) is 0 Å². The molecule has 0 aliphatic heterocycles. The van der Waals surface area contributed by atoms with E-state index in [0.717, 1.165) is 23.1 Å². The van der Waals surface area contributed by atoms with Gasteiger partial charge >= 0.3 is 0 Å². The topological polar surface area (TPSA) is 46.2 Å². The minimum atomic E-state index is 0.00889. The fourth-order valence-electron chi connectivity index (χ4n) is 3.46. The number of rotatable bonds is 5. The van der Waals surface area contributed by atoms with E-state index >= 15 is 0 Å². The zero-order chi connectivity index (χ0) is 17.0. The first-order valence-electron chi connectivity index (χ1n) is 8.78. The normalized spacial score (nSPS) is 24.3. The highest BCUT2D eigenvalue weighted by molar-refractivity contribution is 5.99. The Labute approximate surface area is 139 Å². The lowest BCUT2D eigenvalue weighted by Gasteiger charge is -2.34. The average molecular weight is 315 g/mol. The molecule has 0 radical (unpaired) electrons. The van der Waals surface area contributed by atoms with E-state index in [9.17, 15) is 9.59 Å². The highest BCUT2D eigenvalue weighted by Gasteiger charge is 2.28. The zero-order valence-electron chi connectivity index (χ0n) is 14.8. The maximum Gasteiger partial charge on any atom is 0.220 e. The van der Waals surface area contributed by atoms with E-state index in [-0.39, 0.29) is 30.6 Å². The Balaban J connectivity index is 1.86. The highest BCUT2D eigenvalue weighted by atomic mass is 16.2. The number of nitrogens with one attached hydrogen (secondary N) is 1. The van der Waals surface area contributed by atoms with Crippen LogP contribution in [0.5, 0.6) is 0 Å². The first-order valence-corrected chi connectivity index (χ1v) is 8.78. The molecule has 1 N–H and O–H groups in total. The molecule has 126 valence electrons. The zero-order valence-corrected chi connectivity index (χ0v) is 14.8. The number of hydrogen-bond donors (Lipinski definition) is 1. The van der Waals surface area contributed by atoms with Gasteiger partial charge in [-0.1, -0.05) is 44.4 Å². The van der Waals surface area contributed by atoms with Crippen molar-refractivity contribution < 1.29 is 9.59 Å². The summed E-state index contributed by atoms with van der Waals surface area (Å²) in [5.74, 6) is 1.24. The van der Waals surface area contributed by atoms with Gasteiger partial charge in [-0.3, -0.25) is 9.59 Å². The number of ketones is 1. The van der Waals surface area contributed by atoms with E-state index in [0.29, 0.717) is 11.8 Å². The van der Waals surface area contributed by atoms with Crippen molar-refractivity contribution >= 4 is 11.7 Å². The van der Waals surface area contributed by atoms with Crippen LogP contribution in [-0.2, 0) is 4.79 Å². The molecule has 3 unspecified atom stereocenters. The summed E-state index contributed by atoms with van der Waals surface area (Å²) in [6.07, 6.45) is 4.05. The molecule has 3 nitrogen and oxygen atoms in total. The van der Waals surface area contributed by atoms with Crippen LogP contribution in [0.25, 0.3) is 0 Å². The molecule has 0 saturated heterocycles. The van der Waals surface area contributed by atoms with Gasteiger partial charge in [-0.05, 0) is 43.7 Å². The van der Waals surface area contributed by atoms with Gasteiger partial charge in [0.15, 0.2) is 5.78 Å². The first kappa shape index (κ1) is 17.7. The van der Waals surface area contributed by atoms with Gasteiger partial charge in [0.2, 0.25) is 5.91 Å². The fraction of sp³-hybridized carbons (Fsp3) is 0.600. The molecule has 1 aliphatic rings. The third-order valence-electron chi connectivity index (χ3n) is 5.33. The summed E-state index contributed by atoms with van der Waals surface area (Å²) in [5, 5.41) is 3.14. The Morgan fingerprint density at radius 3 is 2.61 bits per heavy atom. The minimum Gasteiger partial charge on any atom is -0.353 e. The second kappa shape index (κ2) is 7.76. The van der Waals surface area contributed by atoms with E-state index in [2.05, 4.69) is 19.2 Å². The summed E-state index contributed by atoms with van der Waals surface area (Å²) in [6.45, 7) is 8.40. The lowest BCUT2D eigenvalue weighted by atomic mass is 9.78. The molecule has 3 atom stereocenters. The van der Waals surface area contributed by atoms with E-state index in [1.165, 1.54) is 12.8 Å². The van der Waals surface area contributed by atoms with Gasteiger partial charge in [0.1, 0.15) is 0 Å². The summed E-state index contributed by atoms with van der Waals surface area (Å²) in [4.78, 5) is 24.5. The molecule has 1 aromatic rings. The van der Waals surface area contributed by atoms with Crippen molar-refractivity contribution in [2.24, 2.45) is 11.8 Å². The molecule has 1 aliphatic carbocycles. The standard InChI is InChI=1S/C20H29NO2/c1-13-8-9-15(3)17(12-13)19(22)10-11-20(23)21-18-7-5-6-14(2)16(18)4/h8-9,12,14,16,18H,5-7,10-11H2,1-4H3,(H,21,23). The molecule has 0 bridgehead atoms. The average Bonchev–Trinajstić information content (AvgIpc) is 2.52. The van der Waals surface area contributed by atoms with E-state index in [1.54, 1.807) is 0 Å². The van der Waals surface area contributed by atoms with Crippen molar-refractivity contribution in [3.63, 3.8) is 0 Å². The molecule has 0 spiro atoms. The number of carbonyl (C=O) groups is 2. The lowest BCUT2D eigenvalue weighted by molar-refractivity contribution is -0.122.